The lowest BCUT2D eigenvalue weighted by Crippen LogP contribution is -2.27. The van der Waals surface area contributed by atoms with E-state index >= 15 is 0 Å². The van der Waals surface area contributed by atoms with E-state index < -0.39 is 0 Å². The largest absolute Gasteiger partial charge is 0.411 e. The summed E-state index contributed by atoms with van der Waals surface area (Å²) in [4.78, 5) is 13.9. The van der Waals surface area contributed by atoms with Gasteiger partial charge in [0.15, 0.2) is 0 Å². The van der Waals surface area contributed by atoms with E-state index in [1.807, 2.05) is 60.7 Å². The molecule has 0 aliphatic rings. The molecule has 6 heteroatoms. The van der Waals surface area contributed by atoms with E-state index in [1.165, 1.54) is 11.8 Å². The molecule has 3 rings (SSSR count). The molecule has 0 saturated carbocycles. The van der Waals surface area contributed by atoms with Crippen molar-refractivity contribution in [3.63, 3.8) is 0 Å². The van der Waals surface area contributed by atoms with Crippen LogP contribution in [0.2, 0.25) is 0 Å². The maximum atomic E-state index is 12.2. The summed E-state index contributed by atoms with van der Waals surface area (Å²) in [6.07, 6.45) is 0. The Morgan fingerprint density at radius 2 is 1.71 bits per heavy atom. The highest BCUT2D eigenvalue weighted by Gasteiger charge is 2.13. The fourth-order valence-corrected chi connectivity index (χ4v) is 2.85. The standard InChI is InChI=1S/C18H17N3O2S/c1-21(12-14-8-4-2-5-9-14)16(22)13-24-18-20-19-17(23-18)15-10-6-3-7-11-15/h2-11H,12-13H2,1H3. The molecule has 0 radical (unpaired) electrons. The van der Waals surface area contributed by atoms with Gasteiger partial charge in [-0.3, -0.25) is 4.79 Å². The van der Waals surface area contributed by atoms with Gasteiger partial charge in [0.2, 0.25) is 11.8 Å². The van der Waals surface area contributed by atoms with Crippen LogP contribution < -0.4 is 0 Å². The molecule has 0 saturated heterocycles. The summed E-state index contributed by atoms with van der Waals surface area (Å²) in [6.45, 7) is 0.583. The van der Waals surface area contributed by atoms with E-state index in [-0.39, 0.29) is 11.7 Å². The summed E-state index contributed by atoms with van der Waals surface area (Å²) in [6, 6.07) is 19.4. The van der Waals surface area contributed by atoms with Crippen LogP contribution in [0.4, 0.5) is 0 Å². The van der Waals surface area contributed by atoms with Crippen LogP contribution >= 0.6 is 11.8 Å². The first-order valence-electron chi connectivity index (χ1n) is 7.52. The minimum atomic E-state index is 0.0170. The van der Waals surface area contributed by atoms with E-state index in [2.05, 4.69) is 10.2 Å². The zero-order valence-corrected chi connectivity index (χ0v) is 14.1. The Balaban J connectivity index is 1.54. The van der Waals surface area contributed by atoms with Crippen molar-refractivity contribution < 1.29 is 9.21 Å². The Hall–Kier alpha value is -2.60. The first-order valence-corrected chi connectivity index (χ1v) is 8.50. The molecule has 5 nitrogen and oxygen atoms in total. The Morgan fingerprint density at radius 3 is 2.42 bits per heavy atom. The van der Waals surface area contributed by atoms with Crippen molar-refractivity contribution in [2.75, 3.05) is 12.8 Å². The van der Waals surface area contributed by atoms with Crippen LogP contribution in [-0.2, 0) is 11.3 Å². The molecule has 1 heterocycles. The number of nitrogens with zero attached hydrogens (tertiary/aromatic N) is 3. The average Bonchev–Trinajstić information content (AvgIpc) is 3.10. The van der Waals surface area contributed by atoms with Crippen molar-refractivity contribution in [1.82, 2.24) is 15.1 Å². The fourth-order valence-electron chi connectivity index (χ4n) is 2.14. The lowest BCUT2D eigenvalue weighted by Gasteiger charge is -2.16. The molecular weight excluding hydrogens is 322 g/mol. The van der Waals surface area contributed by atoms with Crippen molar-refractivity contribution in [2.45, 2.75) is 11.8 Å². The fraction of sp³-hybridized carbons (Fsp3) is 0.167. The molecule has 0 unspecified atom stereocenters. The van der Waals surface area contributed by atoms with E-state index in [0.717, 1.165) is 11.1 Å². The van der Waals surface area contributed by atoms with Gasteiger partial charge < -0.3 is 9.32 Å². The van der Waals surface area contributed by atoms with Crippen molar-refractivity contribution in [1.29, 1.82) is 0 Å². The van der Waals surface area contributed by atoms with Crippen molar-refractivity contribution >= 4 is 17.7 Å². The molecule has 2 aromatic carbocycles. The molecule has 24 heavy (non-hydrogen) atoms. The number of thioether (sulfide) groups is 1. The van der Waals surface area contributed by atoms with Crippen LogP contribution in [0.15, 0.2) is 70.3 Å². The monoisotopic (exact) mass is 339 g/mol. The second-order valence-electron chi connectivity index (χ2n) is 5.26. The van der Waals surface area contributed by atoms with Gasteiger partial charge in [-0.25, -0.2) is 0 Å². The number of hydrogen-bond acceptors (Lipinski definition) is 5. The van der Waals surface area contributed by atoms with E-state index in [4.69, 9.17) is 4.42 Å². The van der Waals surface area contributed by atoms with Gasteiger partial charge in [-0.05, 0) is 17.7 Å². The van der Waals surface area contributed by atoms with Crippen LogP contribution in [0, 0.1) is 0 Å². The summed E-state index contributed by atoms with van der Waals surface area (Å²) < 4.78 is 5.59. The molecule has 0 aliphatic carbocycles. The second kappa shape index (κ2) is 7.79. The van der Waals surface area contributed by atoms with E-state index in [0.29, 0.717) is 17.7 Å². The third kappa shape index (κ3) is 4.23. The molecule has 0 fully saturated rings. The van der Waals surface area contributed by atoms with Gasteiger partial charge in [0.05, 0.1) is 5.75 Å². The maximum absolute atomic E-state index is 12.2. The second-order valence-corrected chi connectivity index (χ2v) is 6.19. The van der Waals surface area contributed by atoms with Crippen LogP contribution in [0.1, 0.15) is 5.56 Å². The number of aromatic nitrogens is 2. The van der Waals surface area contributed by atoms with E-state index in [1.54, 1.807) is 11.9 Å². The Morgan fingerprint density at radius 1 is 1.04 bits per heavy atom. The highest BCUT2D eigenvalue weighted by Crippen LogP contribution is 2.23. The zero-order chi connectivity index (χ0) is 16.8. The molecule has 0 bridgehead atoms. The summed E-state index contributed by atoms with van der Waals surface area (Å²) >= 11 is 1.25. The Labute approximate surface area is 144 Å². The quantitative estimate of drug-likeness (QED) is 0.644. The molecule has 0 aliphatic heterocycles. The number of benzene rings is 2. The Kier molecular flexibility index (Phi) is 5.28. The van der Waals surface area contributed by atoms with Gasteiger partial charge in [0.25, 0.3) is 5.22 Å². The number of carbonyl (C=O) groups is 1. The summed E-state index contributed by atoms with van der Waals surface area (Å²) in [5, 5.41) is 8.40. The third-order valence-electron chi connectivity index (χ3n) is 3.43. The predicted molar refractivity (Wildman–Crippen MR) is 93.4 cm³/mol. The first-order chi connectivity index (χ1) is 11.7. The van der Waals surface area contributed by atoms with Gasteiger partial charge in [0.1, 0.15) is 0 Å². The molecule has 0 spiro atoms. The average molecular weight is 339 g/mol. The molecular formula is C18H17N3O2S. The van der Waals surface area contributed by atoms with Gasteiger partial charge in [-0.1, -0.05) is 60.3 Å². The number of carbonyl (C=O) groups excluding carboxylic acids is 1. The highest BCUT2D eigenvalue weighted by molar-refractivity contribution is 7.99. The van der Waals surface area contributed by atoms with E-state index in [9.17, 15) is 4.79 Å². The third-order valence-corrected chi connectivity index (χ3v) is 4.24. The molecule has 1 aromatic heterocycles. The van der Waals surface area contributed by atoms with Gasteiger partial charge in [0, 0.05) is 19.2 Å². The topological polar surface area (TPSA) is 59.2 Å². The van der Waals surface area contributed by atoms with Crippen LogP contribution in [0.25, 0.3) is 11.5 Å². The van der Waals surface area contributed by atoms with Crippen molar-refractivity contribution in [3.8, 4) is 11.5 Å². The SMILES string of the molecule is CN(Cc1ccccc1)C(=O)CSc1nnc(-c2ccccc2)o1. The summed E-state index contributed by atoms with van der Waals surface area (Å²) in [7, 11) is 1.79. The van der Waals surface area contributed by atoms with Gasteiger partial charge in [-0.2, -0.15) is 0 Å². The lowest BCUT2D eigenvalue weighted by molar-refractivity contribution is -0.127. The zero-order valence-electron chi connectivity index (χ0n) is 13.3. The van der Waals surface area contributed by atoms with Crippen LogP contribution in [0.3, 0.4) is 0 Å². The molecule has 1 amide bonds. The summed E-state index contributed by atoms with van der Waals surface area (Å²) in [5.41, 5.74) is 1.96. The predicted octanol–water partition coefficient (Wildman–Crippen LogP) is 3.49. The minimum absolute atomic E-state index is 0.0170. The maximum Gasteiger partial charge on any atom is 0.277 e. The normalized spacial score (nSPS) is 10.5. The lowest BCUT2D eigenvalue weighted by atomic mass is 10.2. The molecule has 0 N–H and O–H groups in total. The summed E-state index contributed by atoms with van der Waals surface area (Å²) in [5.74, 6) is 0.742. The number of rotatable bonds is 6. The van der Waals surface area contributed by atoms with Gasteiger partial charge in [-0.15, -0.1) is 10.2 Å². The van der Waals surface area contributed by atoms with Crippen LogP contribution in [0.5, 0.6) is 0 Å². The van der Waals surface area contributed by atoms with Crippen molar-refractivity contribution in [2.24, 2.45) is 0 Å². The molecule has 122 valence electrons. The number of amides is 1. The molecule has 0 atom stereocenters. The van der Waals surface area contributed by atoms with Gasteiger partial charge >= 0.3 is 0 Å². The van der Waals surface area contributed by atoms with Crippen molar-refractivity contribution in [3.05, 3.63) is 66.2 Å². The first kappa shape index (κ1) is 16.3. The van der Waals surface area contributed by atoms with Crippen LogP contribution in [-0.4, -0.2) is 33.8 Å². The smallest absolute Gasteiger partial charge is 0.277 e. The number of hydrogen-bond donors (Lipinski definition) is 0. The Bertz CT molecular complexity index is 790. The minimum Gasteiger partial charge on any atom is -0.411 e. The highest BCUT2D eigenvalue weighted by atomic mass is 32.2. The molecule has 3 aromatic rings.